The molecule has 94 valence electrons. The standard InChI is InChI=1S/C11H14ClFN2O2/c1-11(2,3)8(17-10(14)16)7-4-6(13)5-15-9(7)12/h4-5,8H,1-3H3,(H2,14,16). The Labute approximate surface area is 104 Å². The molecule has 1 heterocycles. The molecular weight excluding hydrogens is 247 g/mol. The molecule has 0 saturated heterocycles. The van der Waals surface area contributed by atoms with Crippen LogP contribution in [0.25, 0.3) is 0 Å². The molecule has 0 saturated carbocycles. The number of nitrogens with two attached hydrogens (primary N) is 1. The van der Waals surface area contributed by atoms with Crippen LogP contribution in [0, 0.1) is 11.2 Å². The zero-order valence-corrected chi connectivity index (χ0v) is 10.6. The van der Waals surface area contributed by atoms with Gasteiger partial charge in [-0.25, -0.2) is 14.2 Å². The molecule has 0 radical (unpaired) electrons. The fourth-order valence-electron chi connectivity index (χ4n) is 1.45. The molecule has 1 unspecified atom stereocenters. The van der Waals surface area contributed by atoms with E-state index in [0.717, 1.165) is 6.20 Å². The number of halogens is 2. The zero-order chi connectivity index (χ0) is 13.2. The van der Waals surface area contributed by atoms with Crippen LogP contribution in [0.5, 0.6) is 0 Å². The van der Waals surface area contributed by atoms with Crippen LogP contribution in [0.1, 0.15) is 32.4 Å². The van der Waals surface area contributed by atoms with Crippen LogP contribution in [0.4, 0.5) is 9.18 Å². The van der Waals surface area contributed by atoms with Crippen LogP contribution in [0.2, 0.25) is 5.15 Å². The normalized spacial score (nSPS) is 13.2. The van der Waals surface area contributed by atoms with Gasteiger partial charge in [0.15, 0.2) is 0 Å². The molecule has 6 heteroatoms. The third kappa shape index (κ3) is 3.56. The van der Waals surface area contributed by atoms with Crippen LogP contribution in [-0.4, -0.2) is 11.1 Å². The number of aromatic nitrogens is 1. The van der Waals surface area contributed by atoms with E-state index in [0.29, 0.717) is 5.56 Å². The summed E-state index contributed by atoms with van der Waals surface area (Å²) in [6, 6.07) is 1.19. The molecule has 0 spiro atoms. The van der Waals surface area contributed by atoms with E-state index in [1.165, 1.54) is 6.07 Å². The molecule has 4 nitrogen and oxygen atoms in total. The van der Waals surface area contributed by atoms with Crippen LogP contribution >= 0.6 is 11.6 Å². The van der Waals surface area contributed by atoms with Gasteiger partial charge in [0.2, 0.25) is 0 Å². The van der Waals surface area contributed by atoms with Gasteiger partial charge in [-0.15, -0.1) is 0 Å². The van der Waals surface area contributed by atoms with E-state index in [-0.39, 0.29) is 5.15 Å². The number of nitrogens with zero attached hydrogens (tertiary/aromatic N) is 1. The van der Waals surface area contributed by atoms with Crippen LogP contribution in [0.3, 0.4) is 0 Å². The van der Waals surface area contributed by atoms with Gasteiger partial charge >= 0.3 is 6.09 Å². The quantitative estimate of drug-likeness (QED) is 0.831. The van der Waals surface area contributed by atoms with Gasteiger partial charge < -0.3 is 10.5 Å². The molecule has 1 atom stereocenters. The Balaban J connectivity index is 3.21. The second-order valence-corrected chi connectivity index (χ2v) is 5.07. The first-order valence-electron chi connectivity index (χ1n) is 4.99. The van der Waals surface area contributed by atoms with E-state index in [1.54, 1.807) is 0 Å². The van der Waals surface area contributed by atoms with Crippen molar-refractivity contribution in [2.45, 2.75) is 26.9 Å². The van der Waals surface area contributed by atoms with E-state index in [1.807, 2.05) is 20.8 Å². The largest absolute Gasteiger partial charge is 0.441 e. The van der Waals surface area contributed by atoms with Crippen molar-refractivity contribution in [2.24, 2.45) is 11.1 Å². The minimum absolute atomic E-state index is 0.0903. The first kappa shape index (κ1) is 13.7. The molecule has 1 aromatic heterocycles. The molecule has 0 aliphatic heterocycles. The topological polar surface area (TPSA) is 65.2 Å². The SMILES string of the molecule is CC(C)(C)C(OC(N)=O)c1cc(F)cnc1Cl. The fraction of sp³-hybridized carbons (Fsp3) is 0.455. The summed E-state index contributed by atoms with van der Waals surface area (Å²) in [5, 5.41) is 0.0903. The maximum absolute atomic E-state index is 13.1. The van der Waals surface area contributed by atoms with E-state index in [2.05, 4.69) is 4.98 Å². The number of hydrogen-bond acceptors (Lipinski definition) is 3. The number of pyridine rings is 1. The van der Waals surface area contributed by atoms with Gasteiger partial charge in [-0.3, -0.25) is 0 Å². The van der Waals surface area contributed by atoms with E-state index < -0.39 is 23.4 Å². The highest BCUT2D eigenvalue weighted by Gasteiger charge is 2.32. The van der Waals surface area contributed by atoms with Gasteiger partial charge in [0, 0.05) is 11.0 Å². The Morgan fingerprint density at radius 3 is 2.65 bits per heavy atom. The van der Waals surface area contributed by atoms with Crippen molar-refractivity contribution < 1.29 is 13.9 Å². The van der Waals surface area contributed by atoms with Crippen molar-refractivity contribution in [1.29, 1.82) is 0 Å². The average molecular weight is 261 g/mol. The molecule has 1 amide bonds. The molecule has 0 aromatic carbocycles. The van der Waals surface area contributed by atoms with Gasteiger partial charge in [-0.2, -0.15) is 0 Å². The van der Waals surface area contributed by atoms with E-state index in [4.69, 9.17) is 22.1 Å². The van der Waals surface area contributed by atoms with Crippen molar-refractivity contribution in [1.82, 2.24) is 4.98 Å². The number of amides is 1. The number of rotatable bonds is 2. The van der Waals surface area contributed by atoms with Crippen molar-refractivity contribution >= 4 is 17.7 Å². The summed E-state index contributed by atoms with van der Waals surface area (Å²) in [5.41, 5.74) is 4.82. The third-order valence-electron chi connectivity index (χ3n) is 2.14. The molecular formula is C11H14ClFN2O2. The Morgan fingerprint density at radius 2 is 2.18 bits per heavy atom. The molecule has 2 N–H and O–H groups in total. The lowest BCUT2D eigenvalue weighted by molar-refractivity contribution is 0.0356. The van der Waals surface area contributed by atoms with Gasteiger partial charge in [0.25, 0.3) is 0 Å². The lowest BCUT2D eigenvalue weighted by atomic mass is 9.85. The van der Waals surface area contributed by atoms with E-state index >= 15 is 0 Å². The zero-order valence-electron chi connectivity index (χ0n) is 9.83. The molecule has 0 fully saturated rings. The Bertz CT molecular complexity index is 432. The molecule has 0 aliphatic rings. The average Bonchev–Trinajstić information content (AvgIpc) is 2.16. The second-order valence-electron chi connectivity index (χ2n) is 4.72. The summed E-state index contributed by atoms with van der Waals surface area (Å²) in [6.07, 6.45) is -0.698. The fourth-order valence-corrected chi connectivity index (χ4v) is 1.65. The maximum Gasteiger partial charge on any atom is 0.405 e. The van der Waals surface area contributed by atoms with E-state index in [9.17, 15) is 9.18 Å². The van der Waals surface area contributed by atoms with Crippen molar-refractivity contribution in [2.75, 3.05) is 0 Å². The molecule has 0 aliphatic carbocycles. The predicted molar refractivity (Wildman–Crippen MR) is 62.1 cm³/mol. The molecule has 17 heavy (non-hydrogen) atoms. The number of carbonyl (C=O) groups excluding carboxylic acids is 1. The molecule has 0 bridgehead atoms. The van der Waals surface area contributed by atoms with Gasteiger partial charge in [0.1, 0.15) is 17.1 Å². The number of ether oxygens (including phenoxy) is 1. The maximum atomic E-state index is 13.1. The van der Waals surface area contributed by atoms with Gasteiger partial charge in [-0.1, -0.05) is 32.4 Å². The highest BCUT2D eigenvalue weighted by atomic mass is 35.5. The monoisotopic (exact) mass is 260 g/mol. The number of carbonyl (C=O) groups is 1. The summed E-state index contributed by atoms with van der Waals surface area (Å²) in [6.45, 7) is 5.46. The van der Waals surface area contributed by atoms with Crippen molar-refractivity contribution in [3.05, 3.63) is 28.8 Å². The first-order chi connectivity index (χ1) is 7.71. The Kier molecular flexibility index (Phi) is 3.93. The van der Waals surface area contributed by atoms with Crippen LogP contribution in [-0.2, 0) is 4.74 Å². The van der Waals surface area contributed by atoms with Crippen LogP contribution in [0.15, 0.2) is 12.3 Å². The van der Waals surface area contributed by atoms with Crippen molar-refractivity contribution in [3.8, 4) is 0 Å². The summed E-state index contributed by atoms with van der Waals surface area (Å²) < 4.78 is 18.1. The summed E-state index contributed by atoms with van der Waals surface area (Å²) in [5.74, 6) is -0.549. The van der Waals surface area contributed by atoms with Gasteiger partial charge in [0.05, 0.1) is 6.20 Å². The number of primary amides is 1. The minimum atomic E-state index is -0.940. The Hall–Kier alpha value is -1.36. The minimum Gasteiger partial charge on any atom is -0.441 e. The molecule has 1 aromatic rings. The highest BCUT2D eigenvalue weighted by Crippen LogP contribution is 2.38. The van der Waals surface area contributed by atoms with Crippen LogP contribution < -0.4 is 5.73 Å². The number of hydrogen-bond donors (Lipinski definition) is 1. The summed E-state index contributed by atoms with van der Waals surface area (Å²) >= 11 is 5.87. The van der Waals surface area contributed by atoms with Gasteiger partial charge in [-0.05, 0) is 6.07 Å². The van der Waals surface area contributed by atoms with Crippen molar-refractivity contribution in [3.63, 3.8) is 0 Å². The lowest BCUT2D eigenvalue weighted by Gasteiger charge is -2.30. The predicted octanol–water partition coefficient (Wildman–Crippen LogP) is 3.06. The Morgan fingerprint density at radius 1 is 1.59 bits per heavy atom. The lowest BCUT2D eigenvalue weighted by Crippen LogP contribution is -2.27. The summed E-state index contributed by atoms with van der Waals surface area (Å²) in [4.78, 5) is 14.5. The first-order valence-corrected chi connectivity index (χ1v) is 5.36. The third-order valence-corrected chi connectivity index (χ3v) is 2.45. The summed E-state index contributed by atoms with van der Waals surface area (Å²) in [7, 11) is 0. The second kappa shape index (κ2) is 4.87. The smallest absolute Gasteiger partial charge is 0.405 e. The highest BCUT2D eigenvalue weighted by molar-refractivity contribution is 6.30. The molecule has 1 rings (SSSR count).